The van der Waals surface area contributed by atoms with Crippen molar-refractivity contribution in [3.63, 3.8) is 0 Å². The third kappa shape index (κ3) is 4.21. The van der Waals surface area contributed by atoms with Gasteiger partial charge in [0, 0.05) is 0 Å². The molecular formula is C17H15BrF2N2O3. The lowest BCUT2D eigenvalue weighted by Gasteiger charge is -2.28. The molecule has 2 rings (SSSR count). The van der Waals surface area contributed by atoms with E-state index in [2.05, 4.69) is 26.8 Å². The van der Waals surface area contributed by atoms with Crippen LogP contribution in [0.2, 0.25) is 0 Å². The molecule has 5 nitrogen and oxygen atoms in total. The number of carbonyl (C=O) groups is 2. The van der Waals surface area contributed by atoms with E-state index in [0.717, 1.165) is 24.3 Å². The molecule has 2 aromatic carbocycles. The number of hydrogen-bond donors (Lipinski definition) is 3. The van der Waals surface area contributed by atoms with Crippen LogP contribution in [-0.4, -0.2) is 21.7 Å². The Hall–Kier alpha value is -2.32. The summed E-state index contributed by atoms with van der Waals surface area (Å²) >= 11 is 3.04. The number of amides is 2. The van der Waals surface area contributed by atoms with Gasteiger partial charge >= 0.3 is 0 Å². The van der Waals surface area contributed by atoms with Crippen molar-refractivity contribution in [1.82, 2.24) is 10.9 Å². The molecule has 8 heteroatoms. The second-order valence-corrected chi connectivity index (χ2v) is 6.66. The van der Waals surface area contributed by atoms with Crippen molar-refractivity contribution in [2.24, 2.45) is 0 Å². The molecule has 0 aliphatic heterocycles. The third-order valence-electron chi connectivity index (χ3n) is 3.51. The van der Waals surface area contributed by atoms with Crippen molar-refractivity contribution in [3.8, 4) is 0 Å². The second kappa shape index (κ2) is 7.71. The second-order valence-electron chi connectivity index (χ2n) is 5.28. The lowest BCUT2D eigenvalue weighted by atomic mass is 9.85. The maximum absolute atomic E-state index is 13.2. The molecule has 0 radical (unpaired) electrons. The van der Waals surface area contributed by atoms with E-state index < -0.39 is 33.9 Å². The normalized spacial score (nSPS) is 12.4. The van der Waals surface area contributed by atoms with Crippen LogP contribution in [0.5, 0.6) is 0 Å². The molecule has 132 valence electrons. The Labute approximate surface area is 151 Å². The summed E-state index contributed by atoms with van der Waals surface area (Å²) in [7, 11) is 0. The van der Waals surface area contributed by atoms with Gasteiger partial charge in [0.1, 0.15) is 11.6 Å². The molecule has 0 heterocycles. The van der Waals surface area contributed by atoms with Crippen molar-refractivity contribution in [2.45, 2.75) is 17.4 Å². The molecule has 25 heavy (non-hydrogen) atoms. The Balaban J connectivity index is 2.41. The fourth-order valence-electron chi connectivity index (χ4n) is 2.12. The fraction of sp³-hybridized carbons (Fsp3) is 0.176. The van der Waals surface area contributed by atoms with Gasteiger partial charge in [0.15, 0.2) is 5.60 Å². The van der Waals surface area contributed by atoms with Crippen molar-refractivity contribution in [1.29, 1.82) is 0 Å². The van der Waals surface area contributed by atoms with E-state index in [9.17, 15) is 23.5 Å². The standard InChI is InChI=1S/C17H15BrF2N2O3/c1-10(18)15(23)21-22-16(24)17(25,11-2-6-13(19)7-3-11)12-4-8-14(20)9-5-12/h2-10,25H,1H3,(H,21,23)(H,22,24). The molecular weight excluding hydrogens is 398 g/mol. The molecule has 2 amide bonds. The molecule has 0 aromatic heterocycles. The number of hydrazine groups is 1. The molecule has 1 atom stereocenters. The molecule has 0 saturated carbocycles. The average Bonchev–Trinajstić information content (AvgIpc) is 2.59. The van der Waals surface area contributed by atoms with Crippen molar-refractivity contribution in [3.05, 3.63) is 71.3 Å². The summed E-state index contributed by atoms with van der Waals surface area (Å²) in [6.45, 7) is 1.55. The molecule has 0 saturated heterocycles. The van der Waals surface area contributed by atoms with E-state index in [-0.39, 0.29) is 11.1 Å². The van der Waals surface area contributed by atoms with Gasteiger partial charge in [0.25, 0.3) is 11.8 Å². The minimum Gasteiger partial charge on any atom is -0.372 e. The van der Waals surface area contributed by atoms with E-state index in [1.54, 1.807) is 6.92 Å². The van der Waals surface area contributed by atoms with Gasteiger partial charge < -0.3 is 5.11 Å². The lowest BCUT2D eigenvalue weighted by Crippen LogP contribution is -2.53. The zero-order valence-corrected chi connectivity index (χ0v) is 14.7. The zero-order chi connectivity index (χ0) is 18.6. The first kappa shape index (κ1) is 19.0. The lowest BCUT2D eigenvalue weighted by molar-refractivity contribution is -0.140. The molecule has 0 spiro atoms. The number of carbonyl (C=O) groups excluding carboxylic acids is 2. The Morgan fingerprint density at radius 1 is 0.960 bits per heavy atom. The number of alkyl halides is 1. The Bertz CT molecular complexity index is 719. The van der Waals surface area contributed by atoms with Gasteiger partial charge in [-0.2, -0.15) is 0 Å². The van der Waals surface area contributed by atoms with Crippen molar-refractivity contribution >= 4 is 27.7 Å². The Kier molecular flexibility index (Phi) is 5.86. The van der Waals surface area contributed by atoms with Crippen LogP contribution < -0.4 is 10.9 Å². The highest BCUT2D eigenvalue weighted by Gasteiger charge is 2.40. The molecule has 2 aromatic rings. The SMILES string of the molecule is CC(Br)C(=O)NNC(=O)C(O)(c1ccc(F)cc1)c1ccc(F)cc1. The molecule has 0 aliphatic rings. The maximum atomic E-state index is 13.2. The smallest absolute Gasteiger partial charge is 0.279 e. The average molecular weight is 413 g/mol. The van der Waals surface area contributed by atoms with E-state index >= 15 is 0 Å². The van der Waals surface area contributed by atoms with Gasteiger partial charge in [-0.05, 0) is 42.3 Å². The first-order valence-electron chi connectivity index (χ1n) is 7.24. The van der Waals surface area contributed by atoms with E-state index in [1.165, 1.54) is 24.3 Å². The summed E-state index contributed by atoms with van der Waals surface area (Å²) in [6.07, 6.45) is 0. The predicted molar refractivity (Wildman–Crippen MR) is 90.5 cm³/mol. The van der Waals surface area contributed by atoms with Crippen LogP contribution in [0.3, 0.4) is 0 Å². The summed E-state index contributed by atoms with van der Waals surface area (Å²) in [5.41, 5.74) is 2.13. The number of hydrogen-bond acceptors (Lipinski definition) is 3. The first-order chi connectivity index (χ1) is 11.7. The molecule has 0 bridgehead atoms. The highest BCUT2D eigenvalue weighted by atomic mass is 79.9. The molecule has 1 unspecified atom stereocenters. The monoisotopic (exact) mass is 412 g/mol. The summed E-state index contributed by atoms with van der Waals surface area (Å²) < 4.78 is 26.4. The van der Waals surface area contributed by atoms with Gasteiger partial charge in [-0.15, -0.1) is 0 Å². The Morgan fingerprint density at radius 3 is 1.72 bits per heavy atom. The summed E-state index contributed by atoms with van der Waals surface area (Å²) in [4.78, 5) is 23.6. The number of aliphatic hydroxyl groups is 1. The van der Waals surface area contributed by atoms with Crippen LogP contribution in [0.15, 0.2) is 48.5 Å². The number of benzene rings is 2. The molecule has 0 aliphatic carbocycles. The summed E-state index contributed by atoms with van der Waals surface area (Å²) in [5.74, 6) is -2.61. The highest BCUT2D eigenvalue weighted by Crippen LogP contribution is 2.30. The van der Waals surface area contributed by atoms with Crippen LogP contribution in [0, 0.1) is 11.6 Å². The highest BCUT2D eigenvalue weighted by molar-refractivity contribution is 9.10. The van der Waals surface area contributed by atoms with Crippen LogP contribution in [0.4, 0.5) is 8.78 Å². The van der Waals surface area contributed by atoms with Gasteiger partial charge in [-0.1, -0.05) is 40.2 Å². The van der Waals surface area contributed by atoms with Gasteiger partial charge in [-0.25, -0.2) is 8.78 Å². The quantitative estimate of drug-likeness (QED) is 0.531. The van der Waals surface area contributed by atoms with E-state index in [4.69, 9.17) is 0 Å². The van der Waals surface area contributed by atoms with E-state index in [0.29, 0.717) is 0 Å². The van der Waals surface area contributed by atoms with Gasteiger partial charge in [-0.3, -0.25) is 20.4 Å². The minimum absolute atomic E-state index is 0.0548. The fourth-order valence-corrected chi connectivity index (χ4v) is 2.23. The van der Waals surface area contributed by atoms with Crippen molar-refractivity contribution < 1.29 is 23.5 Å². The number of rotatable bonds is 4. The largest absolute Gasteiger partial charge is 0.372 e. The van der Waals surface area contributed by atoms with E-state index in [1.807, 2.05) is 0 Å². The zero-order valence-electron chi connectivity index (χ0n) is 13.1. The topological polar surface area (TPSA) is 78.4 Å². The number of halogens is 3. The van der Waals surface area contributed by atoms with Crippen LogP contribution in [-0.2, 0) is 15.2 Å². The van der Waals surface area contributed by atoms with Gasteiger partial charge in [0.2, 0.25) is 0 Å². The predicted octanol–water partition coefficient (Wildman–Crippen LogP) is 2.13. The Morgan fingerprint density at radius 2 is 1.36 bits per heavy atom. The minimum atomic E-state index is -2.26. The van der Waals surface area contributed by atoms with Gasteiger partial charge in [0.05, 0.1) is 4.83 Å². The number of nitrogens with one attached hydrogen (secondary N) is 2. The maximum Gasteiger partial charge on any atom is 0.279 e. The van der Waals surface area contributed by atoms with Crippen molar-refractivity contribution in [2.75, 3.05) is 0 Å². The first-order valence-corrected chi connectivity index (χ1v) is 8.15. The molecule has 3 N–H and O–H groups in total. The summed E-state index contributed by atoms with van der Waals surface area (Å²) in [5, 5.41) is 11.0. The van der Waals surface area contributed by atoms with Crippen LogP contribution in [0.1, 0.15) is 18.1 Å². The molecule has 0 fully saturated rings. The van der Waals surface area contributed by atoms with Crippen LogP contribution in [0.25, 0.3) is 0 Å². The summed E-state index contributed by atoms with van der Waals surface area (Å²) in [6, 6.07) is 9.24. The third-order valence-corrected chi connectivity index (χ3v) is 3.93. The van der Waals surface area contributed by atoms with Crippen LogP contribution >= 0.6 is 15.9 Å².